The Kier molecular flexibility index (Phi) is 6.46. The molecular formula is C18H26N2O4. The van der Waals surface area contributed by atoms with Crippen LogP contribution in [0.4, 0.5) is 0 Å². The number of aryl methyl sites for hydroxylation is 1. The molecule has 132 valence electrons. The number of hydrogen-bond acceptors (Lipinski definition) is 4. The Morgan fingerprint density at radius 3 is 2.33 bits per heavy atom. The summed E-state index contributed by atoms with van der Waals surface area (Å²) in [6.45, 7) is 0. The van der Waals surface area contributed by atoms with Gasteiger partial charge in [0.2, 0.25) is 11.8 Å². The third kappa shape index (κ3) is 4.88. The molecule has 2 amide bonds. The Morgan fingerprint density at radius 1 is 1.12 bits per heavy atom. The zero-order valence-corrected chi connectivity index (χ0v) is 14.3. The molecule has 1 saturated carbocycles. The van der Waals surface area contributed by atoms with Crippen molar-refractivity contribution in [2.75, 3.05) is 14.2 Å². The summed E-state index contributed by atoms with van der Waals surface area (Å²) in [4.78, 5) is 23.7. The van der Waals surface area contributed by atoms with E-state index in [2.05, 4.69) is 5.32 Å². The molecule has 1 aromatic rings. The molecule has 6 nitrogen and oxygen atoms in total. The largest absolute Gasteiger partial charge is 0.497 e. The number of rotatable bonds is 7. The lowest BCUT2D eigenvalue weighted by molar-refractivity contribution is -0.126. The van der Waals surface area contributed by atoms with E-state index in [9.17, 15) is 9.59 Å². The van der Waals surface area contributed by atoms with E-state index in [0.717, 1.165) is 31.2 Å². The number of ether oxygens (including phenoxy) is 2. The fourth-order valence-corrected chi connectivity index (χ4v) is 3.19. The summed E-state index contributed by atoms with van der Waals surface area (Å²) in [5, 5.41) is 2.98. The second-order valence-corrected chi connectivity index (χ2v) is 6.19. The van der Waals surface area contributed by atoms with Crippen LogP contribution in [0.1, 0.15) is 37.7 Å². The van der Waals surface area contributed by atoms with Crippen LogP contribution in [0.5, 0.6) is 11.5 Å². The molecule has 6 heteroatoms. The van der Waals surface area contributed by atoms with Gasteiger partial charge in [0.15, 0.2) is 0 Å². The number of benzene rings is 1. The van der Waals surface area contributed by atoms with Gasteiger partial charge in [-0.15, -0.1) is 0 Å². The molecule has 1 aromatic carbocycles. The number of amides is 2. The number of nitrogens with one attached hydrogen (secondary N) is 1. The van der Waals surface area contributed by atoms with Gasteiger partial charge in [-0.2, -0.15) is 0 Å². The summed E-state index contributed by atoms with van der Waals surface area (Å²) in [6.07, 6.45) is 4.50. The van der Waals surface area contributed by atoms with E-state index in [1.54, 1.807) is 20.3 Å². The highest BCUT2D eigenvalue weighted by Crippen LogP contribution is 2.25. The van der Waals surface area contributed by atoms with Gasteiger partial charge in [0.05, 0.1) is 20.1 Å². The highest BCUT2D eigenvalue weighted by molar-refractivity contribution is 5.80. The molecule has 24 heavy (non-hydrogen) atoms. The molecule has 1 fully saturated rings. The molecule has 0 aliphatic heterocycles. The van der Waals surface area contributed by atoms with Crippen molar-refractivity contribution in [3.05, 3.63) is 23.8 Å². The minimum atomic E-state index is -0.322. The average molecular weight is 334 g/mol. The molecule has 0 spiro atoms. The van der Waals surface area contributed by atoms with Gasteiger partial charge in [0.25, 0.3) is 0 Å². The Morgan fingerprint density at radius 2 is 1.75 bits per heavy atom. The number of hydrogen-bond donors (Lipinski definition) is 2. The molecule has 0 radical (unpaired) electrons. The zero-order valence-electron chi connectivity index (χ0n) is 14.3. The quantitative estimate of drug-likeness (QED) is 0.795. The maximum Gasteiger partial charge on any atom is 0.222 e. The summed E-state index contributed by atoms with van der Waals surface area (Å²) >= 11 is 0. The molecule has 3 N–H and O–H groups in total. The second-order valence-electron chi connectivity index (χ2n) is 6.19. The van der Waals surface area contributed by atoms with Gasteiger partial charge in [-0.05, 0) is 37.0 Å². The Balaban J connectivity index is 1.92. The lowest BCUT2D eigenvalue weighted by Crippen LogP contribution is -2.47. The summed E-state index contributed by atoms with van der Waals surface area (Å²) in [5.41, 5.74) is 6.41. The summed E-state index contributed by atoms with van der Waals surface area (Å²) in [5.74, 6) is 0.767. The predicted octanol–water partition coefficient (Wildman–Crippen LogP) is 1.80. The van der Waals surface area contributed by atoms with E-state index in [1.807, 2.05) is 12.1 Å². The van der Waals surface area contributed by atoms with E-state index >= 15 is 0 Å². The first-order valence-electron chi connectivity index (χ1n) is 8.34. The summed E-state index contributed by atoms with van der Waals surface area (Å²) < 4.78 is 10.5. The van der Waals surface area contributed by atoms with Crippen molar-refractivity contribution in [2.24, 2.45) is 11.7 Å². The normalized spacial score (nSPS) is 20.2. The van der Waals surface area contributed by atoms with Crippen LogP contribution in [0.2, 0.25) is 0 Å². The van der Waals surface area contributed by atoms with Crippen LogP contribution in [0.25, 0.3) is 0 Å². The zero-order chi connectivity index (χ0) is 17.5. The van der Waals surface area contributed by atoms with E-state index in [-0.39, 0.29) is 23.8 Å². The predicted molar refractivity (Wildman–Crippen MR) is 91.0 cm³/mol. The molecule has 0 unspecified atom stereocenters. The van der Waals surface area contributed by atoms with Gasteiger partial charge in [0, 0.05) is 18.5 Å². The van der Waals surface area contributed by atoms with Crippen molar-refractivity contribution in [1.82, 2.24) is 5.32 Å². The third-order valence-electron chi connectivity index (χ3n) is 4.53. The Hall–Kier alpha value is -2.24. The van der Waals surface area contributed by atoms with E-state index < -0.39 is 0 Å². The van der Waals surface area contributed by atoms with Crippen molar-refractivity contribution in [2.45, 2.75) is 44.6 Å². The Labute approximate surface area is 142 Å². The van der Waals surface area contributed by atoms with Crippen LogP contribution in [-0.4, -0.2) is 32.1 Å². The molecule has 1 aliphatic rings. The van der Waals surface area contributed by atoms with Crippen molar-refractivity contribution in [3.8, 4) is 11.5 Å². The van der Waals surface area contributed by atoms with Gasteiger partial charge >= 0.3 is 0 Å². The Bertz CT molecular complexity index is 566. The van der Waals surface area contributed by atoms with Gasteiger partial charge < -0.3 is 20.5 Å². The lowest BCUT2D eigenvalue weighted by atomic mass is 9.84. The first-order valence-corrected chi connectivity index (χ1v) is 8.34. The minimum Gasteiger partial charge on any atom is -0.497 e. The number of methoxy groups -OCH3 is 2. The number of carbonyl (C=O) groups excluding carboxylic acids is 2. The third-order valence-corrected chi connectivity index (χ3v) is 4.53. The summed E-state index contributed by atoms with van der Waals surface area (Å²) in [6, 6.07) is 5.44. The van der Waals surface area contributed by atoms with Gasteiger partial charge in [0.1, 0.15) is 11.5 Å². The first kappa shape index (κ1) is 18.1. The molecular weight excluding hydrogens is 308 g/mol. The molecule has 0 saturated heterocycles. The fraction of sp³-hybridized carbons (Fsp3) is 0.556. The van der Waals surface area contributed by atoms with Crippen molar-refractivity contribution < 1.29 is 19.1 Å². The molecule has 0 aromatic heterocycles. The standard InChI is InChI=1S/C18H26N2O4/c1-23-13-9-12(10-14(11-13)24-2)7-8-17(21)20-16-6-4-3-5-15(16)18(19)22/h9-11,15-16H,3-8H2,1-2H3,(H2,19,22)(H,20,21)/t15-,16+/m1/s1. The van der Waals surface area contributed by atoms with Crippen LogP contribution in [0.3, 0.4) is 0 Å². The highest BCUT2D eigenvalue weighted by atomic mass is 16.5. The number of nitrogens with two attached hydrogens (primary N) is 1. The maximum absolute atomic E-state index is 12.2. The average Bonchev–Trinajstić information content (AvgIpc) is 2.59. The van der Waals surface area contributed by atoms with Crippen molar-refractivity contribution >= 4 is 11.8 Å². The first-order chi connectivity index (χ1) is 11.5. The van der Waals surface area contributed by atoms with Crippen LogP contribution < -0.4 is 20.5 Å². The molecule has 1 aliphatic carbocycles. The fourth-order valence-electron chi connectivity index (χ4n) is 3.19. The van der Waals surface area contributed by atoms with Crippen LogP contribution in [-0.2, 0) is 16.0 Å². The SMILES string of the molecule is COc1cc(CCC(=O)N[C@H]2CCCC[C@H]2C(N)=O)cc(OC)c1. The molecule has 0 bridgehead atoms. The van der Waals surface area contributed by atoms with Crippen molar-refractivity contribution in [3.63, 3.8) is 0 Å². The number of carbonyl (C=O) groups is 2. The van der Waals surface area contributed by atoms with E-state index in [0.29, 0.717) is 24.3 Å². The number of primary amides is 1. The maximum atomic E-state index is 12.2. The monoisotopic (exact) mass is 334 g/mol. The van der Waals surface area contributed by atoms with Gasteiger partial charge in [-0.3, -0.25) is 9.59 Å². The lowest BCUT2D eigenvalue weighted by Gasteiger charge is -2.30. The van der Waals surface area contributed by atoms with Crippen LogP contribution in [0.15, 0.2) is 18.2 Å². The smallest absolute Gasteiger partial charge is 0.222 e. The van der Waals surface area contributed by atoms with Crippen molar-refractivity contribution in [1.29, 1.82) is 0 Å². The van der Waals surface area contributed by atoms with E-state index in [4.69, 9.17) is 15.2 Å². The summed E-state index contributed by atoms with van der Waals surface area (Å²) in [7, 11) is 3.19. The minimum absolute atomic E-state index is 0.0602. The highest BCUT2D eigenvalue weighted by Gasteiger charge is 2.30. The molecule has 2 atom stereocenters. The van der Waals surface area contributed by atoms with Gasteiger partial charge in [-0.25, -0.2) is 0 Å². The second kappa shape index (κ2) is 8.57. The topological polar surface area (TPSA) is 90.6 Å². The van der Waals surface area contributed by atoms with Gasteiger partial charge in [-0.1, -0.05) is 12.8 Å². The molecule has 2 rings (SSSR count). The van der Waals surface area contributed by atoms with Crippen LogP contribution >= 0.6 is 0 Å². The van der Waals surface area contributed by atoms with Crippen LogP contribution in [0, 0.1) is 5.92 Å². The molecule has 0 heterocycles. The van der Waals surface area contributed by atoms with E-state index in [1.165, 1.54) is 0 Å².